The molecule has 0 saturated heterocycles. The summed E-state index contributed by atoms with van der Waals surface area (Å²) in [5.41, 5.74) is -0.436. The summed E-state index contributed by atoms with van der Waals surface area (Å²) < 4.78 is 60.5. The predicted octanol–water partition coefficient (Wildman–Crippen LogP) is 2.84. The first-order chi connectivity index (χ1) is 11.0. The maximum atomic E-state index is 12.5. The molecule has 0 aromatic carbocycles. The van der Waals surface area contributed by atoms with E-state index in [4.69, 9.17) is 5.14 Å². The molecule has 0 bridgehead atoms. The Morgan fingerprint density at radius 2 is 2.00 bits per heavy atom. The fourth-order valence-corrected chi connectivity index (χ4v) is 2.65. The summed E-state index contributed by atoms with van der Waals surface area (Å²) in [6.45, 7) is 4.99. The SMILES string of the molecule is C=Cc1cc(S(N)(=O)=O)c(C)nc1Nc1ccc(C(F)(F)F)cn1. The lowest BCUT2D eigenvalue weighted by Gasteiger charge is -2.12. The molecule has 6 nitrogen and oxygen atoms in total. The van der Waals surface area contributed by atoms with E-state index in [-0.39, 0.29) is 22.2 Å². The van der Waals surface area contributed by atoms with E-state index in [0.29, 0.717) is 11.8 Å². The molecule has 128 valence electrons. The molecule has 0 aliphatic heterocycles. The van der Waals surface area contributed by atoms with Crippen molar-refractivity contribution in [3.63, 3.8) is 0 Å². The third-order valence-electron chi connectivity index (χ3n) is 3.06. The van der Waals surface area contributed by atoms with Gasteiger partial charge in [0, 0.05) is 11.8 Å². The Balaban J connectivity index is 2.40. The van der Waals surface area contributed by atoms with Crippen molar-refractivity contribution in [2.75, 3.05) is 5.32 Å². The number of primary sulfonamides is 1. The van der Waals surface area contributed by atoms with Gasteiger partial charge in [-0.3, -0.25) is 0 Å². The van der Waals surface area contributed by atoms with E-state index in [2.05, 4.69) is 21.9 Å². The summed E-state index contributed by atoms with van der Waals surface area (Å²) in [5.74, 6) is 0.309. The average molecular weight is 358 g/mol. The van der Waals surface area contributed by atoms with Crippen LogP contribution in [0.3, 0.4) is 0 Å². The number of nitrogens with one attached hydrogen (secondary N) is 1. The summed E-state index contributed by atoms with van der Waals surface area (Å²) in [6, 6.07) is 3.28. The number of nitrogens with two attached hydrogens (primary N) is 1. The fraction of sp³-hybridized carbons (Fsp3) is 0.143. The zero-order valence-corrected chi connectivity index (χ0v) is 13.2. The van der Waals surface area contributed by atoms with Gasteiger partial charge in [-0.05, 0) is 25.1 Å². The number of aromatic nitrogens is 2. The standard InChI is InChI=1S/C14H13F3N4O2S/c1-3-9-6-11(24(18,22)23)8(2)20-13(9)21-12-5-4-10(7-19-12)14(15,16)17/h3-7H,1H2,2H3,(H2,18,22,23)(H,19,20,21). The molecule has 2 aromatic rings. The molecule has 3 N–H and O–H groups in total. The Labute approximate surface area is 136 Å². The molecular formula is C14H13F3N4O2S. The van der Waals surface area contributed by atoms with Gasteiger partial charge in [0.05, 0.1) is 11.3 Å². The number of nitrogens with zero attached hydrogens (tertiary/aromatic N) is 2. The Kier molecular flexibility index (Phi) is 4.63. The smallest absolute Gasteiger partial charge is 0.324 e. The number of anilines is 2. The second-order valence-electron chi connectivity index (χ2n) is 4.81. The Hall–Kier alpha value is -2.46. The van der Waals surface area contributed by atoms with E-state index >= 15 is 0 Å². The highest BCUT2D eigenvalue weighted by Crippen LogP contribution is 2.30. The third-order valence-corrected chi connectivity index (χ3v) is 4.09. The molecule has 0 aliphatic carbocycles. The van der Waals surface area contributed by atoms with E-state index in [1.54, 1.807) is 0 Å². The summed E-state index contributed by atoms with van der Waals surface area (Å²) >= 11 is 0. The average Bonchev–Trinajstić information content (AvgIpc) is 2.45. The topological polar surface area (TPSA) is 98.0 Å². The van der Waals surface area contributed by atoms with Crippen LogP contribution < -0.4 is 10.5 Å². The van der Waals surface area contributed by atoms with E-state index in [1.807, 2.05) is 0 Å². The molecule has 0 aliphatic rings. The zero-order valence-electron chi connectivity index (χ0n) is 12.4. The van der Waals surface area contributed by atoms with Crippen LogP contribution in [-0.2, 0) is 16.2 Å². The van der Waals surface area contributed by atoms with Gasteiger partial charge >= 0.3 is 6.18 Å². The number of pyridine rings is 2. The minimum atomic E-state index is -4.48. The molecule has 0 spiro atoms. The fourth-order valence-electron chi connectivity index (χ4n) is 1.90. The second kappa shape index (κ2) is 6.21. The third kappa shape index (κ3) is 3.89. The van der Waals surface area contributed by atoms with Crippen LogP contribution in [0.15, 0.2) is 35.9 Å². The normalized spacial score (nSPS) is 12.0. The van der Waals surface area contributed by atoms with Gasteiger partial charge in [-0.15, -0.1) is 0 Å². The maximum Gasteiger partial charge on any atom is 0.417 e. The number of hydrogen-bond donors (Lipinski definition) is 2. The van der Waals surface area contributed by atoms with Crippen LogP contribution in [0.25, 0.3) is 6.08 Å². The van der Waals surface area contributed by atoms with Crippen molar-refractivity contribution in [1.82, 2.24) is 9.97 Å². The van der Waals surface area contributed by atoms with E-state index < -0.39 is 21.8 Å². The van der Waals surface area contributed by atoms with Crippen LogP contribution in [0.5, 0.6) is 0 Å². The molecule has 2 heterocycles. The lowest BCUT2D eigenvalue weighted by Crippen LogP contribution is -2.15. The zero-order chi connectivity index (χ0) is 18.1. The monoisotopic (exact) mass is 358 g/mol. The van der Waals surface area contributed by atoms with Crippen molar-refractivity contribution in [1.29, 1.82) is 0 Å². The van der Waals surface area contributed by atoms with Gasteiger partial charge in [-0.2, -0.15) is 13.2 Å². The van der Waals surface area contributed by atoms with E-state index in [0.717, 1.165) is 12.1 Å². The van der Waals surface area contributed by atoms with Crippen LogP contribution in [0, 0.1) is 6.92 Å². The number of halogens is 3. The Bertz CT molecular complexity index is 878. The van der Waals surface area contributed by atoms with Crippen molar-refractivity contribution in [2.45, 2.75) is 18.0 Å². The van der Waals surface area contributed by atoms with Gasteiger partial charge in [0.2, 0.25) is 10.0 Å². The Morgan fingerprint density at radius 1 is 1.33 bits per heavy atom. The van der Waals surface area contributed by atoms with Gasteiger partial charge in [0.25, 0.3) is 0 Å². The van der Waals surface area contributed by atoms with Gasteiger partial charge < -0.3 is 5.32 Å². The highest BCUT2D eigenvalue weighted by molar-refractivity contribution is 7.89. The first-order valence-electron chi connectivity index (χ1n) is 6.49. The van der Waals surface area contributed by atoms with E-state index in [1.165, 1.54) is 19.1 Å². The highest BCUT2D eigenvalue weighted by atomic mass is 32.2. The minimum Gasteiger partial charge on any atom is -0.324 e. The quantitative estimate of drug-likeness (QED) is 0.876. The number of hydrogen-bond acceptors (Lipinski definition) is 5. The molecule has 10 heteroatoms. The van der Waals surface area contributed by atoms with Crippen LogP contribution in [0.4, 0.5) is 24.8 Å². The highest BCUT2D eigenvalue weighted by Gasteiger charge is 2.30. The lowest BCUT2D eigenvalue weighted by molar-refractivity contribution is -0.137. The van der Waals surface area contributed by atoms with Crippen molar-refractivity contribution in [3.05, 3.63) is 47.8 Å². The molecule has 2 aromatic heterocycles. The number of sulfonamides is 1. The largest absolute Gasteiger partial charge is 0.417 e. The summed E-state index contributed by atoms with van der Waals surface area (Å²) in [6.07, 6.45) is -2.46. The number of aryl methyl sites for hydroxylation is 1. The van der Waals surface area contributed by atoms with Crippen molar-refractivity contribution in [2.24, 2.45) is 5.14 Å². The van der Waals surface area contributed by atoms with Crippen LogP contribution in [0.1, 0.15) is 16.8 Å². The van der Waals surface area contributed by atoms with Crippen LogP contribution >= 0.6 is 0 Å². The first kappa shape index (κ1) is 17.9. The van der Waals surface area contributed by atoms with Crippen LogP contribution in [-0.4, -0.2) is 18.4 Å². The summed E-state index contributed by atoms with van der Waals surface area (Å²) in [7, 11) is -3.96. The first-order valence-corrected chi connectivity index (χ1v) is 8.04. The molecule has 0 unspecified atom stereocenters. The van der Waals surface area contributed by atoms with Gasteiger partial charge in [0.15, 0.2) is 0 Å². The molecule has 24 heavy (non-hydrogen) atoms. The minimum absolute atomic E-state index is 0.112. The lowest BCUT2D eigenvalue weighted by atomic mass is 10.2. The van der Waals surface area contributed by atoms with Gasteiger partial charge in [-0.1, -0.05) is 12.7 Å². The maximum absolute atomic E-state index is 12.5. The molecular weight excluding hydrogens is 345 g/mol. The summed E-state index contributed by atoms with van der Waals surface area (Å²) in [5, 5.41) is 7.82. The van der Waals surface area contributed by atoms with Gasteiger partial charge in [-0.25, -0.2) is 23.5 Å². The molecule has 0 radical (unpaired) electrons. The van der Waals surface area contributed by atoms with Crippen molar-refractivity contribution < 1.29 is 21.6 Å². The molecule has 0 saturated carbocycles. The summed E-state index contributed by atoms with van der Waals surface area (Å²) in [4.78, 5) is 7.58. The molecule has 0 atom stereocenters. The molecule has 2 rings (SSSR count). The number of rotatable bonds is 4. The predicted molar refractivity (Wildman–Crippen MR) is 83.0 cm³/mol. The van der Waals surface area contributed by atoms with Gasteiger partial charge in [0.1, 0.15) is 16.5 Å². The van der Waals surface area contributed by atoms with E-state index in [9.17, 15) is 21.6 Å². The molecule has 0 fully saturated rings. The Morgan fingerprint density at radius 3 is 2.46 bits per heavy atom. The van der Waals surface area contributed by atoms with Crippen LogP contribution in [0.2, 0.25) is 0 Å². The number of alkyl halides is 3. The molecule has 0 amide bonds. The van der Waals surface area contributed by atoms with Crippen molar-refractivity contribution >= 4 is 27.7 Å². The second-order valence-corrected chi connectivity index (χ2v) is 6.34. The van der Waals surface area contributed by atoms with Crippen molar-refractivity contribution in [3.8, 4) is 0 Å².